The van der Waals surface area contributed by atoms with Crippen LogP contribution in [0.5, 0.6) is 0 Å². The summed E-state index contributed by atoms with van der Waals surface area (Å²) in [6, 6.07) is 25.2. The molecule has 0 aromatic heterocycles. The number of carboxylic acids is 1. The van der Waals surface area contributed by atoms with Gasteiger partial charge in [0.15, 0.2) is 5.78 Å². The molecule has 1 unspecified atom stereocenters. The molecular weight excluding hydrogens is 474 g/mol. The Kier molecular flexibility index (Phi) is 9.96. The van der Waals surface area contributed by atoms with Crippen LogP contribution in [0.2, 0.25) is 0 Å². The molecule has 1 N–H and O–H groups in total. The number of ketones is 1. The van der Waals surface area contributed by atoms with E-state index in [1.807, 2.05) is 24.3 Å². The maximum Gasteiger partial charge on any atom is 0.411 e. The molecule has 0 aliphatic carbocycles. The molecule has 0 aliphatic heterocycles. The van der Waals surface area contributed by atoms with E-state index in [1.54, 1.807) is 66.7 Å². The lowest BCUT2D eigenvalue weighted by molar-refractivity contribution is -0.155. The quantitative estimate of drug-likeness (QED) is 0.286. The summed E-state index contributed by atoms with van der Waals surface area (Å²) in [7, 11) is 1.27. The predicted molar refractivity (Wildman–Crippen MR) is 136 cm³/mol. The van der Waals surface area contributed by atoms with E-state index in [-0.39, 0.29) is 31.7 Å². The fraction of sp³-hybridized carbons (Fsp3) is 0.241. The summed E-state index contributed by atoms with van der Waals surface area (Å²) < 4.78 is 10.8. The third-order valence-electron chi connectivity index (χ3n) is 5.77. The average Bonchev–Trinajstić information content (AvgIpc) is 2.92. The smallest absolute Gasteiger partial charge is 0.411 e. The number of carbonyl (C=O) groups excluding carboxylic acids is 3. The highest BCUT2D eigenvalue weighted by atomic mass is 16.6. The molecule has 192 valence electrons. The molecule has 3 aromatic rings. The molecule has 0 radical (unpaired) electrons. The Hall–Kier alpha value is -4.46. The van der Waals surface area contributed by atoms with Crippen LogP contribution in [-0.4, -0.2) is 53.0 Å². The van der Waals surface area contributed by atoms with Gasteiger partial charge in [0.05, 0.1) is 0 Å². The number of hydrogen-bond donors (Lipinski definition) is 1. The van der Waals surface area contributed by atoms with Crippen molar-refractivity contribution in [3.63, 3.8) is 0 Å². The van der Waals surface area contributed by atoms with Crippen LogP contribution in [0.25, 0.3) is 0 Å². The van der Waals surface area contributed by atoms with E-state index >= 15 is 0 Å². The van der Waals surface area contributed by atoms with Crippen LogP contribution in [0.3, 0.4) is 0 Å². The van der Waals surface area contributed by atoms with Crippen molar-refractivity contribution in [1.82, 2.24) is 4.90 Å². The minimum Gasteiger partial charge on any atom is -0.480 e. The third kappa shape index (κ3) is 8.31. The number of esters is 1. The van der Waals surface area contributed by atoms with Gasteiger partial charge in [-0.05, 0) is 17.5 Å². The molecule has 0 bridgehead atoms. The summed E-state index contributed by atoms with van der Waals surface area (Å²) in [4.78, 5) is 51.0. The van der Waals surface area contributed by atoms with Gasteiger partial charge in [-0.2, -0.15) is 0 Å². The standard InChI is InChI=1S/C29H29NO7/c1-30(24(27(32)33)17-18-25(31)23-15-9-4-10-16-23)29(35)37-26(19-21-11-5-2-6-12-21)28(34)36-20-22-13-7-3-8-14-22/h2-16,24,26H,17-20H2,1H3,(H,32,33)/t24?,26-/m0/s1. The number of nitrogens with zero attached hydrogens (tertiary/aromatic N) is 1. The van der Waals surface area contributed by atoms with E-state index in [0.29, 0.717) is 5.56 Å². The molecule has 0 spiro atoms. The van der Waals surface area contributed by atoms with E-state index in [1.165, 1.54) is 7.05 Å². The van der Waals surface area contributed by atoms with E-state index in [4.69, 9.17) is 9.47 Å². The van der Waals surface area contributed by atoms with Gasteiger partial charge in [0.25, 0.3) is 0 Å². The highest BCUT2D eigenvalue weighted by Crippen LogP contribution is 2.15. The second-order valence-electron chi connectivity index (χ2n) is 8.45. The maximum absolute atomic E-state index is 12.9. The third-order valence-corrected chi connectivity index (χ3v) is 5.77. The van der Waals surface area contributed by atoms with Crippen LogP contribution >= 0.6 is 0 Å². The molecule has 8 heteroatoms. The van der Waals surface area contributed by atoms with Crippen molar-refractivity contribution in [1.29, 1.82) is 0 Å². The van der Waals surface area contributed by atoms with Crippen LogP contribution in [-0.2, 0) is 32.1 Å². The average molecular weight is 504 g/mol. The number of hydrogen-bond acceptors (Lipinski definition) is 6. The lowest BCUT2D eigenvalue weighted by atomic mass is 10.0. The summed E-state index contributed by atoms with van der Waals surface area (Å²) in [5, 5.41) is 9.71. The monoisotopic (exact) mass is 503 g/mol. The van der Waals surface area contributed by atoms with Crippen molar-refractivity contribution in [2.24, 2.45) is 0 Å². The highest BCUT2D eigenvalue weighted by molar-refractivity contribution is 5.96. The summed E-state index contributed by atoms with van der Waals surface area (Å²) in [6.45, 7) is -0.00228. The number of rotatable bonds is 12. The number of carboxylic acid groups (broad SMARTS) is 1. The zero-order valence-corrected chi connectivity index (χ0v) is 20.5. The predicted octanol–water partition coefficient (Wildman–Crippen LogP) is 4.53. The van der Waals surface area contributed by atoms with Crippen LogP contribution in [0.4, 0.5) is 4.79 Å². The minimum atomic E-state index is -1.32. The first kappa shape index (κ1) is 27.1. The van der Waals surface area contributed by atoms with Gasteiger partial charge in [-0.25, -0.2) is 14.4 Å². The lowest BCUT2D eigenvalue weighted by Gasteiger charge is -2.26. The number of amides is 1. The minimum absolute atomic E-state index is 0.00228. The van der Waals surface area contributed by atoms with Gasteiger partial charge in [-0.1, -0.05) is 91.0 Å². The molecule has 0 saturated carbocycles. The van der Waals surface area contributed by atoms with Gasteiger partial charge in [0, 0.05) is 25.5 Å². The molecule has 1 amide bonds. The number of benzene rings is 3. The summed E-state index contributed by atoms with van der Waals surface area (Å²) in [5.41, 5.74) is 1.97. The van der Waals surface area contributed by atoms with Crippen LogP contribution in [0, 0.1) is 0 Å². The van der Waals surface area contributed by atoms with Crippen molar-refractivity contribution >= 4 is 23.8 Å². The number of aliphatic carboxylic acids is 1. The summed E-state index contributed by atoms with van der Waals surface area (Å²) in [5.74, 6) is -2.27. The number of likely N-dealkylation sites (N-methyl/N-ethyl adjacent to an activating group) is 1. The fourth-order valence-electron chi connectivity index (χ4n) is 3.67. The summed E-state index contributed by atoms with van der Waals surface area (Å²) >= 11 is 0. The Morgan fingerprint density at radius 3 is 1.92 bits per heavy atom. The molecule has 0 fully saturated rings. The molecule has 37 heavy (non-hydrogen) atoms. The SMILES string of the molecule is CN(C(=O)O[C@@H](Cc1ccccc1)C(=O)OCc1ccccc1)C(CCC(=O)c1ccccc1)C(=O)O. The zero-order chi connectivity index (χ0) is 26.6. The highest BCUT2D eigenvalue weighted by Gasteiger charge is 2.32. The Morgan fingerprint density at radius 2 is 1.35 bits per heavy atom. The van der Waals surface area contributed by atoms with Gasteiger partial charge in [-0.15, -0.1) is 0 Å². The number of Topliss-reactive ketones (excluding diaryl/α,β-unsaturated/α-hetero) is 1. The fourth-order valence-corrected chi connectivity index (χ4v) is 3.67. The molecule has 3 aromatic carbocycles. The molecule has 0 heterocycles. The maximum atomic E-state index is 12.9. The van der Waals surface area contributed by atoms with Gasteiger partial charge in [0.1, 0.15) is 12.6 Å². The van der Waals surface area contributed by atoms with Gasteiger partial charge < -0.3 is 14.6 Å². The summed E-state index contributed by atoms with van der Waals surface area (Å²) in [6.07, 6.45) is -2.43. The number of ether oxygens (including phenoxy) is 2. The first-order valence-corrected chi connectivity index (χ1v) is 11.8. The van der Waals surface area contributed by atoms with Crippen molar-refractivity contribution in [3.05, 3.63) is 108 Å². The van der Waals surface area contributed by atoms with Gasteiger partial charge in [0.2, 0.25) is 6.10 Å². The van der Waals surface area contributed by atoms with Gasteiger partial charge >= 0.3 is 18.0 Å². The molecule has 2 atom stereocenters. The Labute approximate surface area is 215 Å². The Balaban J connectivity index is 1.67. The van der Waals surface area contributed by atoms with Gasteiger partial charge in [-0.3, -0.25) is 9.69 Å². The molecule has 8 nitrogen and oxygen atoms in total. The largest absolute Gasteiger partial charge is 0.480 e. The van der Waals surface area contributed by atoms with Crippen molar-refractivity contribution < 1.29 is 33.8 Å². The van der Waals surface area contributed by atoms with Crippen molar-refractivity contribution in [2.45, 2.75) is 38.0 Å². The number of carbonyl (C=O) groups is 4. The van der Waals surface area contributed by atoms with Crippen LogP contribution in [0.1, 0.15) is 34.3 Å². The van der Waals surface area contributed by atoms with E-state index in [9.17, 15) is 24.3 Å². The van der Waals surface area contributed by atoms with Crippen molar-refractivity contribution in [3.8, 4) is 0 Å². The molecule has 0 aliphatic rings. The van der Waals surface area contributed by atoms with Crippen LogP contribution in [0.15, 0.2) is 91.0 Å². The molecular formula is C29H29NO7. The second kappa shape index (κ2) is 13.6. The first-order chi connectivity index (χ1) is 17.8. The Morgan fingerprint density at radius 1 is 0.811 bits per heavy atom. The Bertz CT molecular complexity index is 1180. The lowest BCUT2D eigenvalue weighted by Crippen LogP contribution is -2.45. The van der Waals surface area contributed by atoms with E-state index in [2.05, 4.69) is 0 Å². The normalized spacial score (nSPS) is 12.1. The van der Waals surface area contributed by atoms with Crippen LogP contribution < -0.4 is 0 Å². The molecule has 0 saturated heterocycles. The first-order valence-electron chi connectivity index (χ1n) is 11.8. The second-order valence-corrected chi connectivity index (χ2v) is 8.45. The van der Waals surface area contributed by atoms with E-state index < -0.39 is 30.2 Å². The zero-order valence-electron chi connectivity index (χ0n) is 20.5. The molecule has 3 rings (SSSR count). The van der Waals surface area contributed by atoms with E-state index in [0.717, 1.165) is 16.0 Å². The topological polar surface area (TPSA) is 110 Å². The van der Waals surface area contributed by atoms with Crippen molar-refractivity contribution in [2.75, 3.05) is 7.05 Å².